The Kier molecular flexibility index (Phi) is 4.44. The molecule has 0 unspecified atom stereocenters. The number of hydrogen-bond acceptors (Lipinski definition) is 3. The van der Waals surface area contributed by atoms with Crippen molar-refractivity contribution < 1.29 is 9.53 Å². The van der Waals surface area contributed by atoms with Crippen LogP contribution in [0.3, 0.4) is 0 Å². The molecule has 1 N–H and O–H groups in total. The van der Waals surface area contributed by atoms with E-state index in [0.29, 0.717) is 6.61 Å². The van der Waals surface area contributed by atoms with Crippen molar-refractivity contribution in [2.45, 2.75) is 13.3 Å². The molecule has 3 heteroatoms. The maximum Gasteiger partial charge on any atom is 0.181 e. The number of ketones is 1. The summed E-state index contributed by atoms with van der Waals surface area (Å²) >= 11 is 0. The largest absolute Gasteiger partial charge is 0.494 e. The van der Waals surface area contributed by atoms with Crippen LogP contribution in [-0.4, -0.2) is 18.9 Å². The van der Waals surface area contributed by atoms with Gasteiger partial charge < -0.3 is 10.1 Å². The number of benzene rings is 3. The molecule has 0 bridgehead atoms. The molecule has 0 saturated carbocycles. The highest BCUT2D eigenvalue weighted by Gasteiger charge is 2.19. The number of hydrogen-bond donors (Lipinski definition) is 1. The number of ether oxygens (including phenoxy) is 1. The van der Waals surface area contributed by atoms with Crippen LogP contribution in [-0.2, 0) is 6.42 Å². The Morgan fingerprint density at radius 1 is 0.962 bits per heavy atom. The second kappa shape index (κ2) is 7.04. The van der Waals surface area contributed by atoms with Gasteiger partial charge in [-0.3, -0.25) is 4.79 Å². The molecule has 3 aromatic carbocycles. The van der Waals surface area contributed by atoms with E-state index in [1.807, 2.05) is 43.3 Å². The van der Waals surface area contributed by atoms with Gasteiger partial charge in [0.2, 0.25) is 0 Å². The predicted octanol–water partition coefficient (Wildman–Crippen LogP) is 4.95. The molecule has 0 saturated heterocycles. The highest BCUT2D eigenvalue weighted by molar-refractivity contribution is 6.00. The van der Waals surface area contributed by atoms with Gasteiger partial charge in [-0.15, -0.1) is 0 Å². The Hall–Kier alpha value is -3.07. The first-order valence-electron chi connectivity index (χ1n) is 8.95. The first-order valence-corrected chi connectivity index (χ1v) is 8.95. The normalized spacial score (nSPS) is 11.6. The fourth-order valence-electron chi connectivity index (χ4n) is 3.44. The Balaban J connectivity index is 1.44. The minimum atomic E-state index is 0.0950. The van der Waals surface area contributed by atoms with Gasteiger partial charge in [-0.1, -0.05) is 36.4 Å². The molecule has 1 aliphatic rings. The molecule has 1 aliphatic carbocycles. The third kappa shape index (κ3) is 3.21. The summed E-state index contributed by atoms with van der Waals surface area (Å²) in [4.78, 5) is 12.6. The first-order chi connectivity index (χ1) is 12.7. The van der Waals surface area contributed by atoms with Crippen LogP contribution in [0.5, 0.6) is 5.75 Å². The smallest absolute Gasteiger partial charge is 0.181 e. The molecule has 0 fully saturated rings. The fraction of sp³-hybridized carbons (Fsp3) is 0.174. The highest BCUT2D eigenvalue weighted by Crippen LogP contribution is 2.36. The number of carbonyl (C=O) groups is 1. The van der Waals surface area contributed by atoms with Gasteiger partial charge in [0.25, 0.3) is 0 Å². The van der Waals surface area contributed by atoms with Crippen LogP contribution in [0.4, 0.5) is 5.69 Å². The summed E-state index contributed by atoms with van der Waals surface area (Å²) in [5.74, 6) is 0.931. The van der Waals surface area contributed by atoms with Crippen molar-refractivity contribution in [1.29, 1.82) is 0 Å². The summed E-state index contributed by atoms with van der Waals surface area (Å²) in [6, 6.07) is 22.2. The number of nitrogens with one attached hydrogen (secondary N) is 1. The summed E-state index contributed by atoms with van der Waals surface area (Å²) in [5, 5.41) is 3.19. The Bertz CT molecular complexity index is 945. The summed E-state index contributed by atoms with van der Waals surface area (Å²) in [7, 11) is 0. The summed E-state index contributed by atoms with van der Waals surface area (Å²) in [5.41, 5.74) is 6.77. The zero-order valence-electron chi connectivity index (χ0n) is 14.8. The first kappa shape index (κ1) is 16.4. The second-order valence-electron chi connectivity index (χ2n) is 6.44. The van der Waals surface area contributed by atoms with Crippen molar-refractivity contribution in [2.24, 2.45) is 0 Å². The molecule has 26 heavy (non-hydrogen) atoms. The SMILES string of the molecule is CCOc1ccc(NCC(=O)c2ccc3c(c2)Cc2ccccc2-3)cc1. The lowest BCUT2D eigenvalue weighted by atomic mass is 10.0. The van der Waals surface area contributed by atoms with Crippen molar-refractivity contribution in [1.82, 2.24) is 0 Å². The average molecular weight is 343 g/mol. The van der Waals surface area contributed by atoms with Crippen molar-refractivity contribution in [3.63, 3.8) is 0 Å². The van der Waals surface area contributed by atoms with Gasteiger partial charge in [0.1, 0.15) is 5.75 Å². The number of Topliss-reactive ketones (excluding diaryl/α,β-unsaturated/α-hetero) is 1. The zero-order valence-corrected chi connectivity index (χ0v) is 14.8. The molecule has 4 rings (SSSR count). The standard InChI is InChI=1S/C23H21NO2/c1-2-26-20-10-8-19(9-11-20)24-15-23(25)17-7-12-22-18(14-17)13-16-5-3-4-6-21(16)22/h3-12,14,24H,2,13,15H2,1H3. The van der Waals surface area contributed by atoms with Crippen molar-refractivity contribution in [2.75, 3.05) is 18.5 Å². The molecule has 0 aliphatic heterocycles. The molecular weight excluding hydrogens is 322 g/mol. The van der Waals surface area contributed by atoms with Gasteiger partial charge in [0.05, 0.1) is 13.2 Å². The molecule has 3 aromatic rings. The fourth-order valence-corrected chi connectivity index (χ4v) is 3.44. The summed E-state index contributed by atoms with van der Waals surface area (Å²) < 4.78 is 5.43. The molecule has 0 spiro atoms. The van der Waals surface area contributed by atoms with Crippen LogP contribution in [0.15, 0.2) is 66.7 Å². The topological polar surface area (TPSA) is 38.3 Å². The van der Waals surface area contributed by atoms with Crippen molar-refractivity contribution >= 4 is 11.5 Å². The second-order valence-corrected chi connectivity index (χ2v) is 6.44. The minimum absolute atomic E-state index is 0.0950. The molecule has 0 aromatic heterocycles. The van der Waals surface area contributed by atoms with Crippen LogP contribution in [0.2, 0.25) is 0 Å². The van der Waals surface area contributed by atoms with E-state index >= 15 is 0 Å². The van der Waals surface area contributed by atoms with E-state index in [-0.39, 0.29) is 12.3 Å². The molecule has 130 valence electrons. The Labute approximate surface area is 153 Å². The zero-order chi connectivity index (χ0) is 17.9. The van der Waals surface area contributed by atoms with E-state index in [2.05, 4.69) is 35.6 Å². The summed E-state index contributed by atoms with van der Waals surface area (Å²) in [6.07, 6.45) is 0.902. The molecular formula is C23H21NO2. The van der Waals surface area contributed by atoms with E-state index in [0.717, 1.165) is 23.4 Å². The van der Waals surface area contributed by atoms with E-state index in [1.54, 1.807) is 0 Å². The third-order valence-electron chi connectivity index (χ3n) is 4.73. The van der Waals surface area contributed by atoms with Crippen molar-refractivity contribution in [3.05, 3.63) is 83.4 Å². The number of fused-ring (bicyclic) bond motifs is 3. The minimum Gasteiger partial charge on any atom is -0.494 e. The van der Waals surface area contributed by atoms with Gasteiger partial charge in [-0.25, -0.2) is 0 Å². The van der Waals surface area contributed by atoms with Crippen LogP contribution in [0.25, 0.3) is 11.1 Å². The molecule has 3 nitrogen and oxygen atoms in total. The van der Waals surface area contributed by atoms with Crippen LogP contribution < -0.4 is 10.1 Å². The molecule has 0 amide bonds. The Morgan fingerprint density at radius 3 is 2.54 bits per heavy atom. The maximum atomic E-state index is 12.6. The van der Waals surface area contributed by atoms with E-state index < -0.39 is 0 Å². The van der Waals surface area contributed by atoms with E-state index in [9.17, 15) is 4.79 Å². The number of carbonyl (C=O) groups excluding carboxylic acids is 1. The lowest BCUT2D eigenvalue weighted by molar-refractivity contribution is 0.101. The van der Waals surface area contributed by atoms with E-state index in [4.69, 9.17) is 4.74 Å². The van der Waals surface area contributed by atoms with Gasteiger partial charge in [-0.2, -0.15) is 0 Å². The van der Waals surface area contributed by atoms with Crippen LogP contribution in [0.1, 0.15) is 28.4 Å². The maximum absolute atomic E-state index is 12.6. The van der Waals surface area contributed by atoms with Gasteiger partial charge in [0.15, 0.2) is 5.78 Å². The van der Waals surface area contributed by atoms with Gasteiger partial charge in [0, 0.05) is 11.3 Å². The molecule has 0 atom stereocenters. The quantitative estimate of drug-likeness (QED) is 0.503. The predicted molar refractivity (Wildman–Crippen MR) is 105 cm³/mol. The highest BCUT2D eigenvalue weighted by atomic mass is 16.5. The Morgan fingerprint density at radius 2 is 1.73 bits per heavy atom. The van der Waals surface area contributed by atoms with Gasteiger partial charge in [-0.05, 0) is 65.9 Å². The average Bonchev–Trinajstić information content (AvgIpc) is 3.05. The van der Waals surface area contributed by atoms with Crippen molar-refractivity contribution in [3.8, 4) is 16.9 Å². The lowest BCUT2D eigenvalue weighted by Crippen LogP contribution is -2.14. The monoisotopic (exact) mass is 343 g/mol. The lowest BCUT2D eigenvalue weighted by Gasteiger charge is -2.09. The summed E-state index contributed by atoms with van der Waals surface area (Å²) in [6.45, 7) is 2.88. The third-order valence-corrected chi connectivity index (χ3v) is 4.73. The van der Waals surface area contributed by atoms with Crippen LogP contribution in [0, 0.1) is 0 Å². The van der Waals surface area contributed by atoms with E-state index in [1.165, 1.54) is 22.3 Å². The molecule has 0 radical (unpaired) electrons. The van der Waals surface area contributed by atoms with Crippen LogP contribution >= 0.6 is 0 Å². The number of rotatable bonds is 6. The van der Waals surface area contributed by atoms with Gasteiger partial charge >= 0.3 is 0 Å². The molecule has 0 heterocycles. The number of anilines is 1.